The van der Waals surface area contributed by atoms with Crippen molar-refractivity contribution in [2.75, 3.05) is 0 Å². The van der Waals surface area contributed by atoms with Gasteiger partial charge < -0.3 is 4.74 Å². The van der Waals surface area contributed by atoms with Gasteiger partial charge in [-0.3, -0.25) is 0 Å². The van der Waals surface area contributed by atoms with Gasteiger partial charge in [0, 0.05) is 0 Å². The molecule has 0 unspecified atom stereocenters. The molecule has 31 heavy (non-hydrogen) atoms. The standard InChI is InChI=1S/C25H21F4NO/c1-2-3-4-5-17-6-10-20(11-7-17)25(28,29)31-21-12-8-18(9-13-21)19-14-23(26)22(16-30)24(27)15-19/h6-15H,2-5H2,1H3. The van der Waals surface area contributed by atoms with Gasteiger partial charge in [-0.1, -0.05) is 44.0 Å². The highest BCUT2D eigenvalue weighted by Crippen LogP contribution is 2.33. The van der Waals surface area contributed by atoms with Crippen LogP contribution in [0, 0.1) is 23.0 Å². The minimum Gasteiger partial charge on any atom is -0.429 e. The first-order valence-electron chi connectivity index (χ1n) is 10.00. The summed E-state index contributed by atoms with van der Waals surface area (Å²) in [7, 11) is 0. The molecule has 0 aliphatic heterocycles. The zero-order valence-electron chi connectivity index (χ0n) is 17.0. The van der Waals surface area contributed by atoms with E-state index in [0.717, 1.165) is 43.4 Å². The SMILES string of the molecule is CCCCCc1ccc(C(F)(F)Oc2ccc(-c3cc(F)c(C#N)c(F)c3)cc2)cc1. The number of benzene rings is 3. The fourth-order valence-electron chi connectivity index (χ4n) is 3.21. The Morgan fingerprint density at radius 3 is 2.03 bits per heavy atom. The van der Waals surface area contributed by atoms with Gasteiger partial charge in [0.2, 0.25) is 0 Å². The molecule has 0 N–H and O–H groups in total. The summed E-state index contributed by atoms with van der Waals surface area (Å²) in [6.07, 6.45) is 0.521. The number of aryl methyl sites for hydroxylation is 1. The summed E-state index contributed by atoms with van der Waals surface area (Å²) in [5.74, 6) is -2.06. The van der Waals surface area contributed by atoms with Crippen LogP contribution in [-0.2, 0) is 12.5 Å². The van der Waals surface area contributed by atoms with Crippen molar-refractivity contribution < 1.29 is 22.3 Å². The maximum absolute atomic E-state index is 14.5. The van der Waals surface area contributed by atoms with Crippen LogP contribution in [-0.4, -0.2) is 0 Å². The van der Waals surface area contributed by atoms with Crippen LogP contribution in [0.4, 0.5) is 17.6 Å². The number of nitrogens with zero attached hydrogens (tertiary/aromatic N) is 1. The first-order chi connectivity index (χ1) is 14.8. The van der Waals surface area contributed by atoms with E-state index in [4.69, 9.17) is 10.00 Å². The lowest BCUT2D eigenvalue weighted by molar-refractivity contribution is -0.185. The van der Waals surface area contributed by atoms with E-state index in [-0.39, 0.29) is 16.9 Å². The molecule has 0 fully saturated rings. The highest BCUT2D eigenvalue weighted by Gasteiger charge is 2.34. The van der Waals surface area contributed by atoms with Crippen molar-refractivity contribution in [2.24, 2.45) is 0 Å². The molecule has 0 aliphatic rings. The Morgan fingerprint density at radius 1 is 0.871 bits per heavy atom. The molecule has 0 radical (unpaired) electrons. The predicted molar refractivity (Wildman–Crippen MR) is 111 cm³/mol. The Kier molecular flexibility index (Phi) is 6.96. The molecule has 3 rings (SSSR count). The van der Waals surface area contributed by atoms with Gasteiger partial charge in [-0.2, -0.15) is 14.0 Å². The average molecular weight is 427 g/mol. The van der Waals surface area contributed by atoms with Crippen molar-refractivity contribution in [1.82, 2.24) is 0 Å². The Balaban J connectivity index is 1.72. The molecule has 0 atom stereocenters. The maximum Gasteiger partial charge on any atom is 0.426 e. The number of halogens is 4. The van der Waals surface area contributed by atoms with Crippen LogP contribution in [0.2, 0.25) is 0 Å². The molecule has 0 bridgehead atoms. The topological polar surface area (TPSA) is 33.0 Å². The second-order valence-electron chi connectivity index (χ2n) is 7.22. The molecule has 0 amide bonds. The zero-order valence-corrected chi connectivity index (χ0v) is 17.0. The van der Waals surface area contributed by atoms with Gasteiger partial charge in [0.1, 0.15) is 29.0 Å². The molecular weight excluding hydrogens is 406 g/mol. The normalized spacial score (nSPS) is 11.2. The second-order valence-corrected chi connectivity index (χ2v) is 7.22. The Morgan fingerprint density at radius 2 is 1.48 bits per heavy atom. The summed E-state index contributed by atoms with van der Waals surface area (Å²) in [6.45, 7) is 2.11. The highest BCUT2D eigenvalue weighted by atomic mass is 19.3. The molecule has 0 spiro atoms. The van der Waals surface area contributed by atoms with Crippen molar-refractivity contribution in [3.63, 3.8) is 0 Å². The molecule has 0 aliphatic carbocycles. The van der Waals surface area contributed by atoms with E-state index >= 15 is 0 Å². The zero-order chi connectivity index (χ0) is 22.4. The number of hydrogen-bond acceptors (Lipinski definition) is 2. The molecule has 3 aromatic carbocycles. The van der Waals surface area contributed by atoms with Crippen LogP contribution in [0.5, 0.6) is 5.75 Å². The number of unbranched alkanes of at least 4 members (excludes halogenated alkanes) is 2. The molecule has 160 valence electrons. The van der Waals surface area contributed by atoms with Crippen LogP contribution in [0.15, 0.2) is 60.7 Å². The Labute approximate surface area is 178 Å². The van der Waals surface area contributed by atoms with Crippen molar-refractivity contribution in [1.29, 1.82) is 5.26 Å². The van der Waals surface area contributed by atoms with Gasteiger partial charge in [-0.15, -0.1) is 0 Å². The Hall–Kier alpha value is -3.33. The monoisotopic (exact) mass is 427 g/mol. The van der Waals surface area contributed by atoms with Crippen LogP contribution >= 0.6 is 0 Å². The second kappa shape index (κ2) is 9.65. The van der Waals surface area contributed by atoms with Crippen LogP contribution in [0.1, 0.15) is 42.9 Å². The number of hydrogen-bond donors (Lipinski definition) is 0. The summed E-state index contributed by atoms with van der Waals surface area (Å²) >= 11 is 0. The van der Waals surface area contributed by atoms with Crippen molar-refractivity contribution >= 4 is 0 Å². The van der Waals surface area contributed by atoms with E-state index in [1.54, 1.807) is 12.1 Å². The molecule has 0 aromatic heterocycles. The first kappa shape index (κ1) is 22.4. The van der Waals surface area contributed by atoms with E-state index in [1.165, 1.54) is 42.5 Å². The summed E-state index contributed by atoms with van der Waals surface area (Å²) in [6, 6.07) is 15.0. The summed E-state index contributed by atoms with van der Waals surface area (Å²) < 4.78 is 61.6. The average Bonchev–Trinajstić information content (AvgIpc) is 2.74. The first-order valence-corrected chi connectivity index (χ1v) is 10.00. The predicted octanol–water partition coefficient (Wildman–Crippen LogP) is 7.36. The molecule has 0 saturated carbocycles. The minimum atomic E-state index is -3.53. The molecular formula is C25H21F4NO. The van der Waals surface area contributed by atoms with Gasteiger partial charge in [0.25, 0.3) is 0 Å². The van der Waals surface area contributed by atoms with Crippen LogP contribution < -0.4 is 4.74 Å². The lowest BCUT2D eigenvalue weighted by Gasteiger charge is -2.19. The van der Waals surface area contributed by atoms with Crippen molar-refractivity contribution in [3.05, 3.63) is 89.0 Å². The van der Waals surface area contributed by atoms with E-state index < -0.39 is 23.3 Å². The number of alkyl halides is 2. The van der Waals surface area contributed by atoms with Crippen molar-refractivity contribution in [2.45, 2.75) is 38.7 Å². The lowest BCUT2D eigenvalue weighted by Crippen LogP contribution is -2.21. The fraction of sp³-hybridized carbons (Fsp3) is 0.240. The smallest absolute Gasteiger partial charge is 0.426 e. The van der Waals surface area contributed by atoms with Gasteiger partial charge in [0.05, 0.1) is 5.56 Å². The van der Waals surface area contributed by atoms with Gasteiger partial charge in [0.15, 0.2) is 0 Å². The molecule has 0 saturated heterocycles. The number of rotatable bonds is 8. The minimum absolute atomic E-state index is 0.0876. The summed E-state index contributed by atoms with van der Waals surface area (Å²) in [5.41, 5.74) is 0.659. The molecule has 6 heteroatoms. The summed E-state index contributed by atoms with van der Waals surface area (Å²) in [5, 5.41) is 8.75. The third-order valence-corrected chi connectivity index (χ3v) is 4.95. The van der Waals surface area contributed by atoms with Gasteiger partial charge in [-0.25, -0.2) is 8.78 Å². The Bertz CT molecular complexity index is 1050. The van der Waals surface area contributed by atoms with Crippen molar-refractivity contribution in [3.8, 4) is 22.9 Å². The quantitative estimate of drug-likeness (QED) is 0.278. The number of nitriles is 1. The van der Waals surface area contributed by atoms with Crippen LogP contribution in [0.25, 0.3) is 11.1 Å². The fourth-order valence-corrected chi connectivity index (χ4v) is 3.21. The van der Waals surface area contributed by atoms with E-state index in [1.807, 2.05) is 0 Å². The third-order valence-electron chi connectivity index (χ3n) is 4.95. The van der Waals surface area contributed by atoms with Crippen LogP contribution in [0.3, 0.4) is 0 Å². The lowest BCUT2D eigenvalue weighted by atomic mass is 10.0. The summed E-state index contributed by atoms with van der Waals surface area (Å²) in [4.78, 5) is 0. The highest BCUT2D eigenvalue weighted by molar-refractivity contribution is 5.65. The maximum atomic E-state index is 14.5. The number of ether oxygens (including phenoxy) is 1. The largest absolute Gasteiger partial charge is 0.429 e. The van der Waals surface area contributed by atoms with E-state index in [2.05, 4.69) is 6.92 Å². The van der Waals surface area contributed by atoms with Gasteiger partial charge in [-0.05, 0) is 65.9 Å². The molecule has 3 aromatic rings. The third kappa shape index (κ3) is 5.43. The molecule has 0 heterocycles. The van der Waals surface area contributed by atoms with E-state index in [0.29, 0.717) is 5.56 Å². The molecule has 2 nitrogen and oxygen atoms in total. The van der Waals surface area contributed by atoms with Gasteiger partial charge >= 0.3 is 6.11 Å². The van der Waals surface area contributed by atoms with E-state index in [9.17, 15) is 17.6 Å².